The fraction of sp³-hybridized carbons (Fsp3) is 0.471. The lowest BCUT2D eigenvalue weighted by Crippen LogP contribution is -2.56. The molecule has 2 N–H and O–H groups in total. The number of halogens is 2. The SMILES string of the molecule is COC1CN([C@H]2C[C@@H](CO[C@H]3CC[C@H](C(=O)O)CC3)N(C(=O)Cc3cc(Cl)c(NC(=O)c4nccc5ccccc45)cc3F)C2)C1. The number of carbonyl (C=O) groups is 3. The van der Waals surface area contributed by atoms with Crippen molar-refractivity contribution in [3.05, 3.63) is 70.8 Å². The number of benzene rings is 2. The van der Waals surface area contributed by atoms with Crippen molar-refractivity contribution in [3.63, 3.8) is 0 Å². The van der Waals surface area contributed by atoms with Crippen LogP contribution in [0.4, 0.5) is 10.1 Å². The molecule has 12 heteroatoms. The average Bonchev–Trinajstić information content (AvgIpc) is 3.45. The fourth-order valence-corrected chi connectivity index (χ4v) is 7.06. The van der Waals surface area contributed by atoms with Crippen molar-refractivity contribution in [2.45, 2.75) is 62.8 Å². The van der Waals surface area contributed by atoms with Gasteiger partial charge in [-0.2, -0.15) is 0 Å². The number of carbonyl (C=O) groups excluding carboxylic acids is 2. The molecule has 3 aliphatic rings. The number of rotatable bonds is 10. The van der Waals surface area contributed by atoms with Crippen molar-refractivity contribution in [2.75, 3.05) is 38.7 Å². The molecule has 2 amide bonds. The largest absolute Gasteiger partial charge is 0.481 e. The Morgan fingerprint density at radius 1 is 1.07 bits per heavy atom. The zero-order valence-electron chi connectivity index (χ0n) is 25.7. The number of ether oxygens (including phenoxy) is 2. The minimum Gasteiger partial charge on any atom is -0.481 e. The van der Waals surface area contributed by atoms with Gasteiger partial charge in [0.25, 0.3) is 5.91 Å². The lowest BCUT2D eigenvalue weighted by Gasteiger charge is -2.42. The lowest BCUT2D eigenvalue weighted by atomic mass is 9.87. The molecular formula is C34H38ClFN4O6. The van der Waals surface area contributed by atoms with E-state index in [9.17, 15) is 19.5 Å². The summed E-state index contributed by atoms with van der Waals surface area (Å²) in [6, 6.07) is 11.6. The number of anilines is 1. The standard InChI is InChI=1S/C34H38ClFN4O6/c1-45-26-17-39(18-26)23-14-24(19-46-25-8-6-21(7-9-25)34(43)44)40(16-23)31(41)13-22-12-28(35)30(15-29(22)36)38-33(42)32-27-5-3-2-4-20(27)10-11-37-32/h2-5,10-12,15,21,23-26H,6-9,13-14,16-19H2,1H3,(H,38,42)(H,43,44)/t21-,23-,24-,25-/m0/s1. The maximum atomic E-state index is 15.4. The number of carboxylic acid groups (broad SMARTS) is 1. The number of hydrogen-bond acceptors (Lipinski definition) is 7. The Morgan fingerprint density at radius 3 is 2.57 bits per heavy atom. The van der Waals surface area contributed by atoms with E-state index < -0.39 is 17.7 Å². The molecule has 1 aliphatic carbocycles. The molecule has 10 nitrogen and oxygen atoms in total. The normalized spacial score (nSPS) is 23.8. The molecule has 0 radical (unpaired) electrons. The van der Waals surface area contributed by atoms with Crippen molar-refractivity contribution in [1.82, 2.24) is 14.8 Å². The third-order valence-corrected chi connectivity index (χ3v) is 9.91. The van der Waals surface area contributed by atoms with Gasteiger partial charge >= 0.3 is 5.97 Å². The number of aliphatic carboxylic acids is 1. The van der Waals surface area contributed by atoms with Crippen molar-refractivity contribution in [2.24, 2.45) is 5.92 Å². The van der Waals surface area contributed by atoms with E-state index in [0.29, 0.717) is 44.2 Å². The van der Waals surface area contributed by atoms with Gasteiger partial charge in [0.2, 0.25) is 5.91 Å². The Labute approximate surface area is 271 Å². The molecule has 2 saturated heterocycles. The van der Waals surface area contributed by atoms with Gasteiger partial charge in [-0.1, -0.05) is 35.9 Å². The van der Waals surface area contributed by atoms with E-state index >= 15 is 4.39 Å². The molecule has 6 rings (SSSR count). The number of hydrogen-bond donors (Lipinski definition) is 2. The van der Waals surface area contributed by atoms with Crippen LogP contribution >= 0.6 is 11.6 Å². The van der Waals surface area contributed by atoms with E-state index in [2.05, 4.69) is 15.2 Å². The summed E-state index contributed by atoms with van der Waals surface area (Å²) in [7, 11) is 1.69. The van der Waals surface area contributed by atoms with Crippen LogP contribution in [0.5, 0.6) is 0 Å². The predicted octanol–water partition coefficient (Wildman–Crippen LogP) is 4.78. The molecule has 3 heterocycles. The highest BCUT2D eigenvalue weighted by molar-refractivity contribution is 6.34. The second-order valence-electron chi connectivity index (χ2n) is 12.5. The number of nitrogens with one attached hydrogen (secondary N) is 1. The fourth-order valence-electron chi connectivity index (χ4n) is 6.83. The van der Waals surface area contributed by atoms with Crippen molar-refractivity contribution in [1.29, 1.82) is 0 Å². The summed E-state index contributed by atoms with van der Waals surface area (Å²) in [6.07, 6.45) is 4.71. The number of amides is 2. The number of nitrogens with zero attached hydrogens (tertiary/aromatic N) is 3. The Morgan fingerprint density at radius 2 is 1.83 bits per heavy atom. The minimum absolute atomic E-state index is 0.0448. The van der Waals surface area contributed by atoms with Crippen LogP contribution in [0.15, 0.2) is 48.7 Å². The Hall–Kier alpha value is -3.64. The third kappa shape index (κ3) is 7.02. The van der Waals surface area contributed by atoms with Crippen LogP contribution < -0.4 is 5.32 Å². The number of aromatic nitrogens is 1. The highest BCUT2D eigenvalue weighted by Gasteiger charge is 2.42. The van der Waals surface area contributed by atoms with Gasteiger partial charge in [-0.15, -0.1) is 0 Å². The van der Waals surface area contributed by atoms with E-state index in [1.165, 1.54) is 12.3 Å². The third-order valence-electron chi connectivity index (χ3n) is 9.60. The van der Waals surface area contributed by atoms with Gasteiger partial charge in [0.05, 0.1) is 47.9 Å². The van der Waals surface area contributed by atoms with Crippen LogP contribution in [-0.2, 0) is 25.5 Å². The topological polar surface area (TPSA) is 121 Å². The quantitative estimate of drug-likeness (QED) is 0.321. The smallest absolute Gasteiger partial charge is 0.306 e. The molecule has 1 aromatic heterocycles. The Bertz CT molecular complexity index is 1600. The first-order chi connectivity index (χ1) is 22.2. The van der Waals surface area contributed by atoms with Crippen molar-refractivity contribution >= 4 is 45.8 Å². The number of methoxy groups -OCH3 is 1. The first kappa shape index (κ1) is 32.3. The number of likely N-dealkylation sites (tertiary alicyclic amines) is 2. The molecular weight excluding hydrogens is 615 g/mol. The highest BCUT2D eigenvalue weighted by atomic mass is 35.5. The monoisotopic (exact) mass is 652 g/mol. The van der Waals surface area contributed by atoms with Gasteiger partial charge in [-0.3, -0.25) is 24.3 Å². The molecule has 0 spiro atoms. The Balaban J connectivity index is 1.12. The highest BCUT2D eigenvalue weighted by Crippen LogP contribution is 2.32. The van der Waals surface area contributed by atoms with E-state index in [-0.39, 0.29) is 64.5 Å². The molecule has 2 aromatic carbocycles. The van der Waals surface area contributed by atoms with E-state index in [4.69, 9.17) is 21.1 Å². The van der Waals surface area contributed by atoms with Gasteiger partial charge in [-0.25, -0.2) is 4.39 Å². The number of fused-ring (bicyclic) bond motifs is 1. The van der Waals surface area contributed by atoms with E-state index in [0.717, 1.165) is 31.0 Å². The molecule has 3 aromatic rings. The van der Waals surface area contributed by atoms with E-state index in [1.54, 1.807) is 24.1 Å². The summed E-state index contributed by atoms with van der Waals surface area (Å²) in [5.74, 6) is -2.50. The second-order valence-corrected chi connectivity index (χ2v) is 12.9. The second kappa shape index (κ2) is 14.0. The van der Waals surface area contributed by atoms with Crippen LogP contribution in [0.3, 0.4) is 0 Å². The molecule has 0 bridgehead atoms. The zero-order valence-corrected chi connectivity index (χ0v) is 26.4. The molecule has 46 heavy (non-hydrogen) atoms. The molecule has 2 atom stereocenters. The van der Waals surface area contributed by atoms with Crippen LogP contribution in [0.25, 0.3) is 10.8 Å². The molecule has 1 saturated carbocycles. The first-order valence-corrected chi connectivity index (χ1v) is 16.1. The van der Waals surface area contributed by atoms with Crippen LogP contribution in [0.1, 0.15) is 48.2 Å². The maximum absolute atomic E-state index is 15.4. The van der Waals surface area contributed by atoms with Crippen LogP contribution in [0.2, 0.25) is 5.02 Å². The van der Waals surface area contributed by atoms with E-state index in [1.807, 2.05) is 18.2 Å². The average molecular weight is 653 g/mol. The molecule has 244 valence electrons. The molecule has 3 fully saturated rings. The van der Waals surface area contributed by atoms with Gasteiger partial charge in [0, 0.05) is 44.4 Å². The van der Waals surface area contributed by atoms with Crippen LogP contribution in [0, 0.1) is 11.7 Å². The first-order valence-electron chi connectivity index (χ1n) is 15.7. The summed E-state index contributed by atoms with van der Waals surface area (Å²) in [4.78, 5) is 46.4. The summed E-state index contributed by atoms with van der Waals surface area (Å²) in [6.45, 7) is 2.42. The predicted molar refractivity (Wildman–Crippen MR) is 170 cm³/mol. The Kier molecular flexibility index (Phi) is 9.84. The van der Waals surface area contributed by atoms with Gasteiger partial charge in [0.15, 0.2) is 0 Å². The maximum Gasteiger partial charge on any atom is 0.306 e. The molecule has 2 aliphatic heterocycles. The summed E-state index contributed by atoms with van der Waals surface area (Å²) < 4.78 is 27.1. The van der Waals surface area contributed by atoms with Gasteiger partial charge in [-0.05, 0) is 61.3 Å². The summed E-state index contributed by atoms with van der Waals surface area (Å²) in [5.41, 5.74) is 0.417. The minimum atomic E-state index is -0.762. The lowest BCUT2D eigenvalue weighted by molar-refractivity contribution is -0.144. The summed E-state index contributed by atoms with van der Waals surface area (Å²) in [5, 5.41) is 13.6. The zero-order chi connectivity index (χ0) is 32.4. The van der Waals surface area contributed by atoms with Gasteiger partial charge < -0.3 is 24.8 Å². The van der Waals surface area contributed by atoms with Crippen molar-refractivity contribution in [3.8, 4) is 0 Å². The van der Waals surface area contributed by atoms with Gasteiger partial charge in [0.1, 0.15) is 11.5 Å². The number of carboxylic acids is 1. The number of pyridine rings is 1. The molecule has 0 unspecified atom stereocenters. The summed E-state index contributed by atoms with van der Waals surface area (Å²) >= 11 is 6.51. The van der Waals surface area contributed by atoms with Crippen LogP contribution in [-0.4, -0.2) is 95.3 Å². The van der Waals surface area contributed by atoms with Crippen molar-refractivity contribution < 1.29 is 33.4 Å².